The molecule has 0 aliphatic heterocycles. The fourth-order valence-corrected chi connectivity index (χ4v) is 4.31. The molecule has 0 aliphatic rings. The van der Waals surface area contributed by atoms with E-state index in [-0.39, 0.29) is 0 Å². The molecule has 3 rings (SSSR count). The number of aliphatic hydroxyl groups is 2. The summed E-state index contributed by atoms with van der Waals surface area (Å²) < 4.78 is 10.9. The predicted octanol–water partition coefficient (Wildman–Crippen LogP) is 5.06. The van der Waals surface area contributed by atoms with Crippen molar-refractivity contribution in [1.82, 2.24) is 10.2 Å². The Morgan fingerprint density at radius 1 is 0.871 bits per heavy atom. The van der Waals surface area contributed by atoms with E-state index in [0.717, 1.165) is 70.3 Å². The Morgan fingerprint density at radius 3 is 2.23 bits per heavy atom. The zero-order valence-corrected chi connectivity index (χ0v) is 19.1. The number of nitrogens with zero attached hydrogens (tertiary/aromatic N) is 2. The summed E-state index contributed by atoms with van der Waals surface area (Å²) >= 11 is 1.51. The molecule has 0 saturated carbocycles. The number of aryl methyl sites for hydroxylation is 2. The van der Waals surface area contributed by atoms with Gasteiger partial charge in [-0.15, -0.1) is 10.2 Å². The normalized spacial score (nSPS) is 11.3. The highest BCUT2D eigenvalue weighted by Gasteiger charge is 2.15. The lowest BCUT2D eigenvalue weighted by molar-refractivity contribution is -0.0429. The summed E-state index contributed by atoms with van der Waals surface area (Å²) in [5, 5.41) is 29.3. The van der Waals surface area contributed by atoms with Crippen LogP contribution in [0.3, 0.4) is 0 Å². The highest BCUT2D eigenvalue weighted by molar-refractivity contribution is 7.17. The second-order valence-electron chi connectivity index (χ2n) is 7.59. The Balaban J connectivity index is 1.61. The third kappa shape index (κ3) is 6.33. The molecule has 1 heterocycles. The predicted molar refractivity (Wildman–Crippen MR) is 123 cm³/mol. The van der Waals surface area contributed by atoms with Crippen molar-refractivity contribution >= 4 is 11.3 Å². The zero-order chi connectivity index (χ0) is 22.2. The van der Waals surface area contributed by atoms with Gasteiger partial charge in [-0.2, -0.15) is 0 Å². The summed E-state index contributed by atoms with van der Waals surface area (Å²) in [6, 6.07) is 11.7. The van der Waals surface area contributed by atoms with Gasteiger partial charge in [-0.25, -0.2) is 0 Å². The summed E-state index contributed by atoms with van der Waals surface area (Å²) in [4.78, 5) is 0. The molecule has 0 spiro atoms. The second kappa shape index (κ2) is 11.3. The van der Waals surface area contributed by atoms with Crippen molar-refractivity contribution in [2.45, 2.75) is 45.8 Å². The quantitative estimate of drug-likeness (QED) is 0.319. The first-order chi connectivity index (χ1) is 15.0. The van der Waals surface area contributed by atoms with E-state index in [0.29, 0.717) is 12.2 Å². The van der Waals surface area contributed by atoms with Crippen LogP contribution in [0.5, 0.6) is 5.75 Å². The number of ether oxygens (including phenoxy) is 2. The van der Waals surface area contributed by atoms with E-state index >= 15 is 0 Å². The van der Waals surface area contributed by atoms with Gasteiger partial charge in [0, 0.05) is 30.4 Å². The molecule has 3 aromatic rings. The highest BCUT2D eigenvalue weighted by atomic mass is 32.1. The van der Waals surface area contributed by atoms with E-state index in [2.05, 4.69) is 10.2 Å². The SMILES string of the molecule is COCCCCCCOc1ccc(-c2nnc(-c3cc(C)c(C(O)O)cc3C)s2)cc1. The molecule has 166 valence electrons. The average molecular weight is 443 g/mol. The number of benzene rings is 2. The maximum absolute atomic E-state index is 9.49. The lowest BCUT2D eigenvalue weighted by Gasteiger charge is -2.11. The van der Waals surface area contributed by atoms with Crippen LogP contribution in [-0.2, 0) is 4.74 Å². The number of unbranched alkanes of at least 4 members (excludes halogenated alkanes) is 3. The minimum atomic E-state index is -1.48. The van der Waals surface area contributed by atoms with Gasteiger partial charge in [0.2, 0.25) is 0 Å². The average Bonchev–Trinajstić information content (AvgIpc) is 3.24. The molecule has 6 nitrogen and oxygen atoms in total. The molecule has 0 radical (unpaired) electrons. The molecule has 0 bridgehead atoms. The summed E-state index contributed by atoms with van der Waals surface area (Å²) in [7, 11) is 1.73. The van der Waals surface area contributed by atoms with Crippen LogP contribution in [0.2, 0.25) is 0 Å². The lowest BCUT2D eigenvalue weighted by Crippen LogP contribution is -2.00. The Morgan fingerprint density at radius 2 is 1.55 bits per heavy atom. The van der Waals surface area contributed by atoms with Crippen LogP contribution in [0.15, 0.2) is 36.4 Å². The van der Waals surface area contributed by atoms with Gasteiger partial charge in [0.1, 0.15) is 15.8 Å². The number of hydrogen-bond donors (Lipinski definition) is 2. The number of rotatable bonds is 11. The van der Waals surface area contributed by atoms with Gasteiger partial charge in [-0.3, -0.25) is 0 Å². The second-order valence-corrected chi connectivity index (χ2v) is 8.57. The van der Waals surface area contributed by atoms with Crippen LogP contribution < -0.4 is 4.74 Å². The van der Waals surface area contributed by atoms with E-state index in [1.807, 2.05) is 44.2 Å². The van der Waals surface area contributed by atoms with Gasteiger partial charge in [0.05, 0.1) is 6.61 Å². The molecular formula is C24H30N2O4S. The van der Waals surface area contributed by atoms with Crippen LogP contribution in [0.25, 0.3) is 21.1 Å². The fraction of sp³-hybridized carbons (Fsp3) is 0.417. The summed E-state index contributed by atoms with van der Waals surface area (Å²) in [5.41, 5.74) is 4.20. The first-order valence-electron chi connectivity index (χ1n) is 10.5. The number of methoxy groups -OCH3 is 1. The molecule has 0 aliphatic carbocycles. The Hall–Kier alpha value is -2.32. The molecule has 0 saturated heterocycles. The van der Waals surface area contributed by atoms with Crippen molar-refractivity contribution < 1.29 is 19.7 Å². The van der Waals surface area contributed by atoms with Crippen molar-refractivity contribution in [3.05, 3.63) is 53.1 Å². The topological polar surface area (TPSA) is 84.7 Å². The summed E-state index contributed by atoms with van der Waals surface area (Å²) in [6.07, 6.45) is 2.97. The van der Waals surface area contributed by atoms with Crippen molar-refractivity contribution in [3.63, 3.8) is 0 Å². The molecule has 31 heavy (non-hydrogen) atoms. The summed E-state index contributed by atoms with van der Waals surface area (Å²) in [5.74, 6) is 0.856. The largest absolute Gasteiger partial charge is 0.494 e. The van der Waals surface area contributed by atoms with Gasteiger partial charge in [0.15, 0.2) is 6.29 Å². The lowest BCUT2D eigenvalue weighted by atomic mass is 10.00. The minimum Gasteiger partial charge on any atom is -0.494 e. The van der Waals surface area contributed by atoms with E-state index in [1.165, 1.54) is 11.3 Å². The van der Waals surface area contributed by atoms with Gasteiger partial charge in [-0.1, -0.05) is 23.8 Å². The number of aromatic nitrogens is 2. The fourth-order valence-electron chi connectivity index (χ4n) is 3.38. The van der Waals surface area contributed by atoms with Crippen molar-refractivity contribution in [1.29, 1.82) is 0 Å². The molecule has 0 atom stereocenters. The molecule has 0 fully saturated rings. The zero-order valence-electron chi connectivity index (χ0n) is 18.3. The van der Waals surface area contributed by atoms with E-state index in [9.17, 15) is 10.2 Å². The highest BCUT2D eigenvalue weighted by Crippen LogP contribution is 2.34. The molecule has 1 aromatic heterocycles. The minimum absolute atomic E-state index is 0.511. The Kier molecular flexibility index (Phi) is 8.54. The molecule has 2 aromatic carbocycles. The molecule has 2 N–H and O–H groups in total. The van der Waals surface area contributed by atoms with Crippen LogP contribution in [-0.4, -0.2) is 40.7 Å². The molecular weight excluding hydrogens is 412 g/mol. The van der Waals surface area contributed by atoms with Crippen LogP contribution in [0.1, 0.15) is 48.7 Å². The Bertz CT molecular complexity index is 970. The van der Waals surface area contributed by atoms with Crippen LogP contribution in [0.4, 0.5) is 0 Å². The standard InChI is InChI=1S/C24H30N2O4S/c1-16-15-21(24(27)28)17(2)14-20(16)23-26-25-22(31-23)18-8-10-19(11-9-18)30-13-7-5-4-6-12-29-3/h8-11,14-15,24,27-28H,4-7,12-13H2,1-3H3. The van der Waals surface area contributed by atoms with Crippen molar-refractivity contribution in [2.24, 2.45) is 0 Å². The maximum Gasteiger partial charge on any atom is 0.178 e. The van der Waals surface area contributed by atoms with Gasteiger partial charge in [-0.05, 0) is 74.6 Å². The van der Waals surface area contributed by atoms with E-state index < -0.39 is 6.29 Å². The first kappa shape index (κ1) is 23.3. The summed E-state index contributed by atoms with van der Waals surface area (Å²) in [6.45, 7) is 5.34. The monoisotopic (exact) mass is 442 g/mol. The van der Waals surface area contributed by atoms with Crippen LogP contribution >= 0.6 is 11.3 Å². The molecule has 7 heteroatoms. The van der Waals surface area contributed by atoms with Crippen molar-refractivity contribution in [3.8, 4) is 26.9 Å². The van der Waals surface area contributed by atoms with E-state index in [1.54, 1.807) is 13.2 Å². The molecule has 0 unspecified atom stereocenters. The van der Waals surface area contributed by atoms with Gasteiger partial charge in [0.25, 0.3) is 0 Å². The smallest absolute Gasteiger partial charge is 0.178 e. The first-order valence-corrected chi connectivity index (χ1v) is 11.3. The van der Waals surface area contributed by atoms with Crippen LogP contribution in [0, 0.1) is 13.8 Å². The third-order valence-electron chi connectivity index (χ3n) is 5.16. The number of hydrogen-bond acceptors (Lipinski definition) is 7. The van der Waals surface area contributed by atoms with Gasteiger partial charge < -0.3 is 19.7 Å². The third-order valence-corrected chi connectivity index (χ3v) is 6.17. The van der Waals surface area contributed by atoms with Gasteiger partial charge >= 0.3 is 0 Å². The maximum atomic E-state index is 9.49. The van der Waals surface area contributed by atoms with E-state index in [4.69, 9.17) is 9.47 Å². The number of aliphatic hydroxyl groups excluding tert-OH is 1. The van der Waals surface area contributed by atoms with Crippen molar-refractivity contribution in [2.75, 3.05) is 20.3 Å². The molecule has 0 amide bonds. The Labute approximate surface area is 187 Å².